The van der Waals surface area contributed by atoms with Gasteiger partial charge in [0, 0.05) is 42.0 Å². The van der Waals surface area contributed by atoms with Gasteiger partial charge in [-0.25, -0.2) is 14.5 Å². The molecule has 0 saturated heterocycles. The number of fused-ring (bicyclic) bond motifs is 3. The van der Waals surface area contributed by atoms with E-state index in [1.165, 1.54) is 0 Å². The van der Waals surface area contributed by atoms with Crippen molar-refractivity contribution in [1.82, 2.24) is 24.6 Å². The van der Waals surface area contributed by atoms with E-state index in [-0.39, 0.29) is 0 Å². The van der Waals surface area contributed by atoms with Crippen LogP contribution in [-0.2, 0) is 0 Å². The predicted octanol–water partition coefficient (Wildman–Crippen LogP) is 3.13. The number of rotatable bonds is 4. The van der Waals surface area contributed by atoms with Crippen molar-refractivity contribution in [1.29, 1.82) is 0 Å². The molecule has 0 spiro atoms. The lowest BCUT2D eigenvalue weighted by atomic mass is 10.0. The molecule has 7 heteroatoms. The molecule has 4 aromatic rings. The van der Waals surface area contributed by atoms with Crippen LogP contribution >= 0.6 is 0 Å². The second kappa shape index (κ2) is 6.34. The summed E-state index contributed by atoms with van der Waals surface area (Å²) in [5.74, 6) is 0.776. The predicted molar refractivity (Wildman–Crippen MR) is 101 cm³/mol. The van der Waals surface area contributed by atoms with E-state index in [4.69, 9.17) is 0 Å². The van der Waals surface area contributed by atoms with Crippen LogP contribution in [0.3, 0.4) is 0 Å². The summed E-state index contributed by atoms with van der Waals surface area (Å²) in [4.78, 5) is 13.3. The van der Waals surface area contributed by atoms with Gasteiger partial charge in [0.05, 0.1) is 17.3 Å². The van der Waals surface area contributed by atoms with Crippen LogP contribution in [-0.4, -0.2) is 36.7 Å². The molecule has 4 heterocycles. The third kappa shape index (κ3) is 2.57. The molecule has 0 aliphatic heterocycles. The van der Waals surface area contributed by atoms with Crippen molar-refractivity contribution < 1.29 is 5.11 Å². The standard InChI is InChI=1S/C19H20N6O/c1-4-17(26)15-5-11(2)14(9-21-15)13-6-12-8-22-18(20-3)7-16(12)25-19(13)23-10-24-25/h5-10,17,26H,4H2,1-3H3,(H,20,22). The first-order valence-corrected chi connectivity index (χ1v) is 8.57. The van der Waals surface area contributed by atoms with Crippen molar-refractivity contribution in [3.05, 3.63) is 48.2 Å². The van der Waals surface area contributed by atoms with Crippen LogP contribution in [0.4, 0.5) is 5.82 Å². The first-order chi connectivity index (χ1) is 12.6. The van der Waals surface area contributed by atoms with E-state index >= 15 is 0 Å². The maximum absolute atomic E-state index is 10.0. The number of hydrogen-bond donors (Lipinski definition) is 2. The Balaban J connectivity index is 1.95. The lowest BCUT2D eigenvalue weighted by Crippen LogP contribution is -2.01. The van der Waals surface area contributed by atoms with Crippen LogP contribution in [0.25, 0.3) is 27.7 Å². The second-order valence-corrected chi connectivity index (χ2v) is 6.28. The highest BCUT2D eigenvalue weighted by Crippen LogP contribution is 2.31. The molecule has 7 nitrogen and oxygen atoms in total. The first-order valence-electron chi connectivity index (χ1n) is 8.57. The van der Waals surface area contributed by atoms with Gasteiger partial charge in [-0.15, -0.1) is 0 Å². The van der Waals surface area contributed by atoms with Crippen LogP contribution in [0.1, 0.15) is 30.7 Å². The minimum Gasteiger partial charge on any atom is -0.387 e. The van der Waals surface area contributed by atoms with Crippen LogP contribution in [0.15, 0.2) is 36.9 Å². The average Bonchev–Trinajstić information content (AvgIpc) is 3.16. The number of pyridine rings is 3. The van der Waals surface area contributed by atoms with Gasteiger partial charge in [0.1, 0.15) is 12.1 Å². The van der Waals surface area contributed by atoms with Gasteiger partial charge < -0.3 is 10.4 Å². The molecule has 0 bridgehead atoms. The Morgan fingerprint density at radius 2 is 1.96 bits per heavy atom. The molecule has 2 N–H and O–H groups in total. The summed E-state index contributed by atoms with van der Waals surface area (Å²) in [6.07, 6.45) is 5.26. The third-order valence-electron chi connectivity index (χ3n) is 4.63. The molecular weight excluding hydrogens is 328 g/mol. The lowest BCUT2D eigenvalue weighted by Gasteiger charge is -2.13. The largest absolute Gasteiger partial charge is 0.387 e. The topological polar surface area (TPSA) is 88.2 Å². The summed E-state index contributed by atoms with van der Waals surface area (Å²) in [7, 11) is 1.84. The highest BCUT2D eigenvalue weighted by Gasteiger charge is 2.15. The molecule has 0 fully saturated rings. The van der Waals surface area contributed by atoms with E-state index in [0.717, 1.165) is 39.1 Å². The second-order valence-electron chi connectivity index (χ2n) is 6.28. The first kappa shape index (κ1) is 16.4. The zero-order valence-corrected chi connectivity index (χ0v) is 14.9. The molecule has 132 valence electrons. The van der Waals surface area contributed by atoms with Crippen LogP contribution in [0.5, 0.6) is 0 Å². The average molecular weight is 348 g/mol. The Hall–Kier alpha value is -3.06. The zero-order valence-electron chi connectivity index (χ0n) is 14.9. The Morgan fingerprint density at radius 3 is 2.69 bits per heavy atom. The smallest absolute Gasteiger partial charge is 0.163 e. The number of aliphatic hydroxyl groups is 1. The van der Waals surface area contributed by atoms with Gasteiger partial charge in [-0.05, 0) is 31.0 Å². The molecule has 26 heavy (non-hydrogen) atoms. The van der Waals surface area contributed by atoms with Gasteiger partial charge in [-0.2, -0.15) is 5.10 Å². The van der Waals surface area contributed by atoms with Gasteiger partial charge in [-0.3, -0.25) is 4.98 Å². The van der Waals surface area contributed by atoms with Crippen molar-refractivity contribution in [2.24, 2.45) is 0 Å². The van der Waals surface area contributed by atoms with Crippen molar-refractivity contribution in [3.8, 4) is 11.1 Å². The van der Waals surface area contributed by atoms with E-state index in [1.807, 2.05) is 43.7 Å². The number of aliphatic hydroxyl groups excluding tert-OH is 1. The van der Waals surface area contributed by atoms with E-state index in [9.17, 15) is 5.11 Å². The maximum atomic E-state index is 10.0. The van der Waals surface area contributed by atoms with E-state index in [2.05, 4.69) is 31.4 Å². The lowest BCUT2D eigenvalue weighted by molar-refractivity contribution is 0.169. The van der Waals surface area contributed by atoms with Crippen LogP contribution < -0.4 is 5.32 Å². The fourth-order valence-electron chi connectivity index (χ4n) is 3.16. The monoisotopic (exact) mass is 348 g/mol. The highest BCUT2D eigenvalue weighted by molar-refractivity contribution is 5.92. The molecule has 1 atom stereocenters. The number of nitrogens with zero attached hydrogens (tertiary/aromatic N) is 5. The summed E-state index contributed by atoms with van der Waals surface area (Å²) in [6.45, 7) is 3.95. The van der Waals surface area contributed by atoms with Gasteiger partial charge in [0.25, 0.3) is 0 Å². The quantitative estimate of drug-likeness (QED) is 0.589. The van der Waals surface area contributed by atoms with Crippen molar-refractivity contribution >= 4 is 22.4 Å². The Morgan fingerprint density at radius 1 is 1.12 bits per heavy atom. The molecule has 0 aromatic carbocycles. The van der Waals surface area contributed by atoms with Crippen molar-refractivity contribution in [2.75, 3.05) is 12.4 Å². The fraction of sp³-hybridized carbons (Fsp3) is 0.263. The molecular formula is C19H20N6O. The number of aryl methyl sites for hydroxylation is 1. The Bertz CT molecular complexity index is 1100. The fourth-order valence-corrected chi connectivity index (χ4v) is 3.16. The molecule has 0 aliphatic rings. The number of nitrogens with one attached hydrogen (secondary N) is 1. The van der Waals surface area contributed by atoms with E-state index in [1.54, 1.807) is 12.5 Å². The van der Waals surface area contributed by atoms with Crippen molar-refractivity contribution in [2.45, 2.75) is 26.4 Å². The molecule has 0 amide bonds. The molecule has 0 radical (unpaired) electrons. The van der Waals surface area contributed by atoms with Gasteiger partial charge in [0.2, 0.25) is 0 Å². The Kier molecular flexibility index (Phi) is 4.00. The number of hydrogen-bond acceptors (Lipinski definition) is 6. The highest BCUT2D eigenvalue weighted by atomic mass is 16.3. The van der Waals surface area contributed by atoms with Gasteiger partial charge >= 0.3 is 0 Å². The summed E-state index contributed by atoms with van der Waals surface area (Å²) < 4.78 is 1.82. The van der Waals surface area contributed by atoms with Crippen LogP contribution in [0.2, 0.25) is 0 Å². The minimum absolute atomic E-state index is 0.545. The molecule has 4 rings (SSSR count). The summed E-state index contributed by atoms with van der Waals surface area (Å²) >= 11 is 0. The number of aromatic nitrogens is 5. The third-order valence-corrected chi connectivity index (χ3v) is 4.63. The maximum Gasteiger partial charge on any atom is 0.163 e. The molecule has 4 aromatic heterocycles. The van der Waals surface area contributed by atoms with Crippen LogP contribution in [0, 0.1) is 6.92 Å². The molecule has 0 saturated carbocycles. The summed E-state index contributed by atoms with van der Waals surface area (Å²) in [6, 6.07) is 5.95. The Labute approximate surface area is 150 Å². The molecule has 0 aliphatic carbocycles. The molecule has 1 unspecified atom stereocenters. The van der Waals surface area contributed by atoms with Crippen molar-refractivity contribution in [3.63, 3.8) is 0 Å². The zero-order chi connectivity index (χ0) is 18.3. The van der Waals surface area contributed by atoms with Gasteiger partial charge in [-0.1, -0.05) is 6.92 Å². The SMILES string of the molecule is CCC(O)c1cc(C)c(-c2cc3cnc(NC)cc3n3ncnc23)cn1. The number of anilines is 1. The van der Waals surface area contributed by atoms with E-state index < -0.39 is 6.10 Å². The normalized spacial score (nSPS) is 12.6. The van der Waals surface area contributed by atoms with Gasteiger partial charge in [0.15, 0.2) is 5.65 Å². The summed E-state index contributed by atoms with van der Waals surface area (Å²) in [5, 5.41) is 18.4. The van der Waals surface area contributed by atoms with E-state index in [0.29, 0.717) is 12.1 Å². The summed E-state index contributed by atoms with van der Waals surface area (Å²) in [5.41, 5.74) is 5.33. The minimum atomic E-state index is -0.545.